The number of aromatic nitrogens is 1. The van der Waals surface area contributed by atoms with Crippen molar-refractivity contribution in [3.63, 3.8) is 0 Å². The summed E-state index contributed by atoms with van der Waals surface area (Å²) in [6.45, 7) is 4.88. The summed E-state index contributed by atoms with van der Waals surface area (Å²) in [6.07, 6.45) is 4.56. The molecule has 3 rings (SSSR count). The van der Waals surface area contributed by atoms with Crippen molar-refractivity contribution in [1.29, 1.82) is 0 Å². The highest BCUT2D eigenvalue weighted by Crippen LogP contribution is 2.21. The molecule has 1 fully saturated rings. The highest BCUT2D eigenvalue weighted by Gasteiger charge is 2.10. The van der Waals surface area contributed by atoms with Crippen molar-refractivity contribution in [3.05, 3.63) is 54.4 Å². The molecule has 0 radical (unpaired) electrons. The molecule has 4 nitrogen and oxygen atoms in total. The Morgan fingerprint density at radius 1 is 1.14 bits per heavy atom. The summed E-state index contributed by atoms with van der Waals surface area (Å²) in [7, 11) is 0. The van der Waals surface area contributed by atoms with E-state index < -0.39 is 0 Å². The molecular formula is C17H21N3O. The topological polar surface area (TPSA) is 37.4 Å². The van der Waals surface area contributed by atoms with Gasteiger partial charge in [0.1, 0.15) is 5.75 Å². The predicted octanol–water partition coefficient (Wildman–Crippen LogP) is 2.11. The Kier molecular flexibility index (Phi) is 4.69. The number of ether oxygens (including phenoxy) is 1. The number of anilines is 1. The maximum absolute atomic E-state index is 5.87. The number of hydrogen-bond acceptors (Lipinski definition) is 4. The Labute approximate surface area is 125 Å². The van der Waals surface area contributed by atoms with Gasteiger partial charge in [-0.1, -0.05) is 12.1 Å². The summed E-state index contributed by atoms with van der Waals surface area (Å²) in [5.41, 5.74) is 2.45. The van der Waals surface area contributed by atoms with Crippen LogP contribution in [0.4, 0.5) is 5.69 Å². The van der Waals surface area contributed by atoms with Gasteiger partial charge in [-0.05, 0) is 23.8 Å². The van der Waals surface area contributed by atoms with Gasteiger partial charge in [0.05, 0.1) is 6.61 Å². The van der Waals surface area contributed by atoms with E-state index in [2.05, 4.69) is 39.5 Å². The van der Waals surface area contributed by atoms with Crippen LogP contribution in [-0.2, 0) is 6.42 Å². The predicted molar refractivity (Wildman–Crippen MR) is 85.0 cm³/mol. The van der Waals surface area contributed by atoms with Gasteiger partial charge in [-0.25, -0.2) is 0 Å². The first-order valence-corrected chi connectivity index (χ1v) is 7.49. The van der Waals surface area contributed by atoms with Crippen molar-refractivity contribution in [2.24, 2.45) is 0 Å². The molecule has 1 aliphatic rings. The summed E-state index contributed by atoms with van der Waals surface area (Å²) < 4.78 is 5.87. The van der Waals surface area contributed by atoms with Gasteiger partial charge in [0, 0.05) is 56.7 Å². The SMILES string of the molecule is c1cncc(CCOc2cccc(N3CCNCC3)c2)c1. The summed E-state index contributed by atoms with van der Waals surface area (Å²) in [5.74, 6) is 0.940. The van der Waals surface area contributed by atoms with Crippen LogP contribution in [0.25, 0.3) is 0 Å². The van der Waals surface area contributed by atoms with Crippen LogP contribution in [0.2, 0.25) is 0 Å². The van der Waals surface area contributed by atoms with Crippen molar-refractivity contribution < 1.29 is 4.74 Å². The molecule has 0 spiro atoms. The largest absolute Gasteiger partial charge is 0.493 e. The van der Waals surface area contributed by atoms with Gasteiger partial charge < -0.3 is 15.0 Å². The van der Waals surface area contributed by atoms with Gasteiger partial charge in [-0.3, -0.25) is 4.98 Å². The minimum Gasteiger partial charge on any atom is -0.493 e. The average molecular weight is 283 g/mol. The van der Waals surface area contributed by atoms with E-state index in [0.717, 1.165) is 38.3 Å². The molecule has 0 saturated carbocycles. The highest BCUT2D eigenvalue weighted by atomic mass is 16.5. The maximum atomic E-state index is 5.87. The normalized spacial score (nSPS) is 15.0. The molecule has 0 unspecified atom stereocenters. The summed E-state index contributed by atoms with van der Waals surface area (Å²) in [5, 5.41) is 3.37. The molecule has 1 aromatic carbocycles. The minimum absolute atomic E-state index is 0.677. The van der Waals surface area contributed by atoms with Crippen molar-refractivity contribution in [3.8, 4) is 5.75 Å². The Hall–Kier alpha value is -2.07. The molecule has 4 heteroatoms. The first-order chi connectivity index (χ1) is 10.4. The molecule has 110 valence electrons. The fourth-order valence-electron chi connectivity index (χ4n) is 2.53. The number of nitrogens with one attached hydrogen (secondary N) is 1. The second kappa shape index (κ2) is 7.09. The number of pyridine rings is 1. The lowest BCUT2D eigenvalue weighted by Crippen LogP contribution is -2.43. The third kappa shape index (κ3) is 3.95. The van der Waals surface area contributed by atoms with Crippen LogP contribution in [0.1, 0.15) is 5.56 Å². The quantitative estimate of drug-likeness (QED) is 0.912. The average Bonchev–Trinajstić information content (AvgIpc) is 2.57. The van der Waals surface area contributed by atoms with E-state index >= 15 is 0 Å². The van der Waals surface area contributed by atoms with Gasteiger partial charge in [0.25, 0.3) is 0 Å². The second-order valence-corrected chi connectivity index (χ2v) is 5.19. The maximum Gasteiger partial charge on any atom is 0.121 e. The molecular weight excluding hydrogens is 262 g/mol. The Morgan fingerprint density at radius 2 is 2.05 bits per heavy atom. The molecule has 0 amide bonds. The van der Waals surface area contributed by atoms with Crippen molar-refractivity contribution in [1.82, 2.24) is 10.3 Å². The molecule has 1 saturated heterocycles. The van der Waals surface area contributed by atoms with E-state index in [4.69, 9.17) is 4.74 Å². The fraction of sp³-hybridized carbons (Fsp3) is 0.353. The lowest BCUT2D eigenvalue weighted by molar-refractivity contribution is 0.322. The van der Waals surface area contributed by atoms with Crippen LogP contribution >= 0.6 is 0 Å². The van der Waals surface area contributed by atoms with Crippen LogP contribution in [0.3, 0.4) is 0 Å². The third-order valence-electron chi connectivity index (χ3n) is 3.68. The van der Waals surface area contributed by atoms with Crippen LogP contribution in [0.5, 0.6) is 5.75 Å². The number of piperazine rings is 1. The third-order valence-corrected chi connectivity index (χ3v) is 3.68. The first-order valence-electron chi connectivity index (χ1n) is 7.49. The van der Waals surface area contributed by atoms with Crippen molar-refractivity contribution in [2.45, 2.75) is 6.42 Å². The Bertz CT molecular complexity index is 553. The molecule has 2 heterocycles. The van der Waals surface area contributed by atoms with E-state index in [-0.39, 0.29) is 0 Å². The van der Waals surface area contributed by atoms with E-state index in [1.165, 1.54) is 11.3 Å². The van der Waals surface area contributed by atoms with Crippen LogP contribution in [0.15, 0.2) is 48.8 Å². The second-order valence-electron chi connectivity index (χ2n) is 5.19. The molecule has 1 N–H and O–H groups in total. The molecule has 0 bridgehead atoms. The number of benzene rings is 1. The van der Waals surface area contributed by atoms with Gasteiger partial charge in [0.15, 0.2) is 0 Å². The van der Waals surface area contributed by atoms with Gasteiger partial charge in [-0.15, -0.1) is 0 Å². The van der Waals surface area contributed by atoms with Gasteiger partial charge in [-0.2, -0.15) is 0 Å². The molecule has 2 aromatic rings. The van der Waals surface area contributed by atoms with Gasteiger partial charge in [0.2, 0.25) is 0 Å². The highest BCUT2D eigenvalue weighted by molar-refractivity contribution is 5.51. The molecule has 0 aliphatic carbocycles. The first kappa shape index (κ1) is 13.9. The minimum atomic E-state index is 0.677. The van der Waals surface area contributed by atoms with E-state index in [1.54, 1.807) is 6.20 Å². The zero-order valence-corrected chi connectivity index (χ0v) is 12.2. The standard InChI is InChI=1S/C17H21N3O/c1-4-16(20-10-8-18-9-11-20)13-17(5-1)21-12-6-15-3-2-7-19-14-15/h1-5,7,13-14,18H,6,8-12H2. The number of nitrogens with zero attached hydrogens (tertiary/aromatic N) is 2. The molecule has 1 aliphatic heterocycles. The van der Waals surface area contributed by atoms with Crippen LogP contribution < -0.4 is 15.0 Å². The van der Waals surface area contributed by atoms with E-state index in [1.807, 2.05) is 18.3 Å². The number of rotatable bonds is 5. The monoisotopic (exact) mass is 283 g/mol. The number of hydrogen-bond donors (Lipinski definition) is 1. The van der Waals surface area contributed by atoms with Crippen LogP contribution in [0, 0.1) is 0 Å². The molecule has 1 aromatic heterocycles. The Morgan fingerprint density at radius 3 is 2.86 bits per heavy atom. The van der Waals surface area contributed by atoms with Crippen molar-refractivity contribution >= 4 is 5.69 Å². The zero-order valence-electron chi connectivity index (χ0n) is 12.2. The lowest BCUT2D eigenvalue weighted by Gasteiger charge is -2.29. The van der Waals surface area contributed by atoms with E-state index in [0.29, 0.717) is 6.61 Å². The zero-order chi connectivity index (χ0) is 14.3. The summed E-state index contributed by atoms with van der Waals surface area (Å²) in [4.78, 5) is 6.51. The van der Waals surface area contributed by atoms with Gasteiger partial charge >= 0.3 is 0 Å². The fourth-order valence-corrected chi connectivity index (χ4v) is 2.53. The Balaban J connectivity index is 1.55. The molecule has 0 atom stereocenters. The summed E-state index contributed by atoms with van der Waals surface area (Å²) >= 11 is 0. The lowest BCUT2D eigenvalue weighted by atomic mass is 10.2. The van der Waals surface area contributed by atoms with Crippen LogP contribution in [-0.4, -0.2) is 37.8 Å². The molecule has 21 heavy (non-hydrogen) atoms. The summed E-state index contributed by atoms with van der Waals surface area (Å²) in [6, 6.07) is 12.4. The van der Waals surface area contributed by atoms with Crippen molar-refractivity contribution in [2.75, 3.05) is 37.7 Å². The van der Waals surface area contributed by atoms with E-state index in [9.17, 15) is 0 Å². The smallest absolute Gasteiger partial charge is 0.121 e.